The molecular weight excluding hydrogens is 250 g/mol. The summed E-state index contributed by atoms with van der Waals surface area (Å²) in [6, 6.07) is 1.68. The van der Waals surface area contributed by atoms with Crippen LogP contribution in [0.5, 0.6) is 0 Å². The molecule has 0 spiro atoms. The molecule has 3 N–H and O–H groups in total. The van der Waals surface area contributed by atoms with Crippen molar-refractivity contribution in [2.45, 2.75) is 51.1 Å². The molecule has 0 aliphatic rings. The minimum absolute atomic E-state index is 0.00196. The average Bonchev–Trinajstić information content (AvgIpc) is 2.83. The second-order valence-electron chi connectivity index (χ2n) is 4.28. The van der Waals surface area contributed by atoms with Gasteiger partial charge in [-0.15, -0.1) is 0 Å². The fourth-order valence-electron chi connectivity index (χ4n) is 1.68. The van der Waals surface area contributed by atoms with E-state index in [0.717, 1.165) is 25.1 Å². The summed E-state index contributed by atoms with van der Waals surface area (Å²) in [5.74, 6) is 0. The fraction of sp³-hybridized carbons (Fsp3) is 0.667. The van der Waals surface area contributed by atoms with Crippen LogP contribution in [-0.2, 0) is 16.6 Å². The van der Waals surface area contributed by atoms with Gasteiger partial charge in [-0.05, 0) is 25.5 Å². The summed E-state index contributed by atoms with van der Waals surface area (Å²) in [6.07, 6.45) is 3.13. The monoisotopic (exact) mass is 273 g/mol. The highest BCUT2D eigenvalue weighted by Gasteiger charge is 2.19. The van der Waals surface area contributed by atoms with E-state index in [-0.39, 0.29) is 6.04 Å². The van der Waals surface area contributed by atoms with Crippen molar-refractivity contribution >= 4 is 10.0 Å². The maximum Gasteiger partial charge on any atom is 0.242 e. The summed E-state index contributed by atoms with van der Waals surface area (Å²) < 4.78 is 26.9. The number of hydrogen-bond acceptors (Lipinski definition) is 3. The third-order valence-corrected chi connectivity index (χ3v) is 4.40. The van der Waals surface area contributed by atoms with Crippen molar-refractivity contribution in [1.29, 1.82) is 0 Å². The smallest absolute Gasteiger partial charge is 0.242 e. The van der Waals surface area contributed by atoms with Crippen LogP contribution in [0.2, 0.25) is 0 Å². The lowest BCUT2D eigenvalue weighted by Gasteiger charge is -2.13. The molecule has 0 saturated heterocycles. The van der Waals surface area contributed by atoms with Crippen molar-refractivity contribution < 1.29 is 8.42 Å². The van der Waals surface area contributed by atoms with Crippen molar-refractivity contribution in [1.82, 2.24) is 15.0 Å². The van der Waals surface area contributed by atoms with E-state index < -0.39 is 10.0 Å². The second kappa shape index (κ2) is 6.92. The molecule has 6 heteroatoms. The summed E-state index contributed by atoms with van der Waals surface area (Å²) in [5, 5.41) is 3.15. The summed E-state index contributed by atoms with van der Waals surface area (Å²) in [4.78, 5) is 3.28. The molecule has 0 aliphatic carbocycles. The first-order chi connectivity index (χ1) is 8.53. The molecule has 1 heterocycles. The summed E-state index contributed by atoms with van der Waals surface area (Å²) >= 11 is 0. The molecule has 0 aliphatic heterocycles. The molecule has 5 nitrogen and oxygen atoms in total. The van der Waals surface area contributed by atoms with Crippen LogP contribution in [0.25, 0.3) is 0 Å². The largest absolute Gasteiger partial charge is 0.363 e. The molecule has 0 fully saturated rings. The third-order valence-electron chi connectivity index (χ3n) is 2.90. The molecule has 0 saturated carbocycles. The first-order valence-electron chi connectivity index (χ1n) is 6.43. The van der Waals surface area contributed by atoms with Gasteiger partial charge in [0.1, 0.15) is 0 Å². The van der Waals surface area contributed by atoms with Crippen molar-refractivity contribution in [2.24, 2.45) is 0 Å². The number of H-pyrrole nitrogens is 1. The van der Waals surface area contributed by atoms with Gasteiger partial charge in [0.25, 0.3) is 0 Å². The van der Waals surface area contributed by atoms with Crippen LogP contribution in [-0.4, -0.2) is 26.0 Å². The van der Waals surface area contributed by atoms with Gasteiger partial charge in [-0.2, -0.15) is 0 Å². The Bertz CT molecular complexity index is 450. The highest BCUT2D eigenvalue weighted by Crippen LogP contribution is 2.12. The van der Waals surface area contributed by atoms with Crippen LogP contribution in [0.4, 0.5) is 0 Å². The second-order valence-corrected chi connectivity index (χ2v) is 5.99. The molecule has 0 bridgehead atoms. The van der Waals surface area contributed by atoms with E-state index in [2.05, 4.69) is 15.0 Å². The van der Waals surface area contributed by atoms with Gasteiger partial charge < -0.3 is 10.3 Å². The molecule has 0 aromatic carbocycles. The van der Waals surface area contributed by atoms with Gasteiger partial charge in [0.15, 0.2) is 0 Å². The Kier molecular flexibility index (Phi) is 5.84. The number of hydrogen-bond donors (Lipinski definition) is 3. The van der Waals surface area contributed by atoms with Crippen molar-refractivity contribution in [3.05, 3.63) is 18.0 Å². The fourth-order valence-corrected chi connectivity index (χ4v) is 3.10. The lowest BCUT2D eigenvalue weighted by atomic mass is 10.2. The van der Waals surface area contributed by atoms with Gasteiger partial charge in [-0.25, -0.2) is 13.1 Å². The van der Waals surface area contributed by atoms with Crippen LogP contribution < -0.4 is 10.0 Å². The third kappa shape index (κ3) is 4.12. The van der Waals surface area contributed by atoms with Gasteiger partial charge in [0.2, 0.25) is 10.0 Å². The maximum atomic E-state index is 12.1. The van der Waals surface area contributed by atoms with Gasteiger partial charge in [0.05, 0.1) is 4.90 Å². The Hall–Kier alpha value is -0.850. The molecule has 1 aromatic rings. The molecule has 104 valence electrons. The van der Waals surface area contributed by atoms with Crippen LogP contribution >= 0.6 is 0 Å². The quantitative estimate of drug-likeness (QED) is 0.673. The topological polar surface area (TPSA) is 74.0 Å². The van der Waals surface area contributed by atoms with Crippen LogP contribution in [0.15, 0.2) is 17.2 Å². The number of sulfonamides is 1. The summed E-state index contributed by atoms with van der Waals surface area (Å²) in [5.41, 5.74) is 0.877. The lowest BCUT2D eigenvalue weighted by Crippen LogP contribution is -2.33. The Morgan fingerprint density at radius 1 is 1.28 bits per heavy atom. The van der Waals surface area contributed by atoms with Gasteiger partial charge in [-0.3, -0.25) is 0 Å². The lowest BCUT2D eigenvalue weighted by molar-refractivity contribution is 0.530. The van der Waals surface area contributed by atoms with Crippen LogP contribution in [0, 0.1) is 0 Å². The Balaban J connectivity index is 2.75. The molecule has 18 heavy (non-hydrogen) atoms. The predicted octanol–water partition coefficient (Wildman–Crippen LogP) is 1.59. The Labute approximate surface area is 109 Å². The average molecular weight is 273 g/mol. The number of rotatable bonds is 8. The zero-order valence-electron chi connectivity index (χ0n) is 11.3. The molecular formula is C12H23N3O2S. The molecule has 1 rings (SSSR count). The maximum absolute atomic E-state index is 12.1. The zero-order chi connectivity index (χ0) is 13.6. The van der Waals surface area contributed by atoms with Crippen molar-refractivity contribution in [3.8, 4) is 0 Å². The Morgan fingerprint density at radius 3 is 2.50 bits per heavy atom. The predicted molar refractivity (Wildman–Crippen MR) is 72.9 cm³/mol. The van der Waals surface area contributed by atoms with Gasteiger partial charge in [-0.1, -0.05) is 20.8 Å². The van der Waals surface area contributed by atoms with Crippen LogP contribution in [0.1, 0.15) is 39.3 Å². The van der Waals surface area contributed by atoms with E-state index in [1.165, 1.54) is 6.20 Å². The van der Waals surface area contributed by atoms with Crippen molar-refractivity contribution in [2.75, 3.05) is 6.54 Å². The number of aromatic nitrogens is 1. The molecule has 0 atom stereocenters. The summed E-state index contributed by atoms with van der Waals surface area (Å²) in [7, 11) is -3.40. The summed E-state index contributed by atoms with van der Waals surface area (Å²) in [6.45, 7) is 7.47. The number of aromatic amines is 1. The standard InChI is InChI=1S/C12H23N3O2S/c1-4-10(5-2)15-18(16,17)12-7-11(14-9-12)8-13-6-3/h7,9-10,13-15H,4-6,8H2,1-3H3. The minimum atomic E-state index is -3.40. The Morgan fingerprint density at radius 2 is 1.94 bits per heavy atom. The number of nitrogens with one attached hydrogen (secondary N) is 3. The SMILES string of the molecule is CCNCc1cc(S(=O)(=O)NC(CC)CC)c[nH]1. The molecule has 0 radical (unpaired) electrons. The zero-order valence-corrected chi connectivity index (χ0v) is 12.1. The first kappa shape index (κ1) is 15.2. The van der Waals surface area contributed by atoms with Gasteiger partial charge >= 0.3 is 0 Å². The normalized spacial score (nSPS) is 12.2. The minimum Gasteiger partial charge on any atom is -0.363 e. The van der Waals surface area contributed by atoms with E-state index in [9.17, 15) is 8.42 Å². The molecule has 0 unspecified atom stereocenters. The van der Waals surface area contributed by atoms with E-state index in [1.807, 2.05) is 20.8 Å². The van der Waals surface area contributed by atoms with E-state index in [1.54, 1.807) is 6.07 Å². The molecule has 1 aromatic heterocycles. The molecule has 0 amide bonds. The first-order valence-corrected chi connectivity index (χ1v) is 7.92. The highest BCUT2D eigenvalue weighted by atomic mass is 32.2. The highest BCUT2D eigenvalue weighted by molar-refractivity contribution is 7.89. The van der Waals surface area contributed by atoms with E-state index in [4.69, 9.17) is 0 Å². The van der Waals surface area contributed by atoms with E-state index in [0.29, 0.717) is 11.4 Å². The van der Waals surface area contributed by atoms with Crippen LogP contribution in [0.3, 0.4) is 0 Å². The van der Waals surface area contributed by atoms with Gasteiger partial charge in [0, 0.05) is 24.5 Å². The van der Waals surface area contributed by atoms with E-state index >= 15 is 0 Å². The van der Waals surface area contributed by atoms with Crippen molar-refractivity contribution in [3.63, 3.8) is 0 Å².